The van der Waals surface area contributed by atoms with Crippen molar-refractivity contribution in [3.8, 4) is 0 Å². The van der Waals surface area contributed by atoms with Crippen LogP contribution in [0.5, 0.6) is 0 Å². The quantitative estimate of drug-likeness (QED) is 0.733. The molecule has 0 spiro atoms. The monoisotopic (exact) mass is 378 g/mol. The van der Waals surface area contributed by atoms with E-state index in [9.17, 15) is 4.79 Å². The second kappa shape index (κ2) is 7.76. The fourth-order valence-corrected chi connectivity index (χ4v) is 3.37. The Morgan fingerprint density at radius 1 is 1.11 bits per heavy atom. The van der Waals surface area contributed by atoms with Gasteiger partial charge in [-0.1, -0.05) is 41.9 Å². The number of para-hydroxylation sites is 1. The molecule has 1 aliphatic rings. The second-order valence-electron chi connectivity index (χ2n) is 6.46. The molecular weight excluding hydrogens is 360 g/mol. The summed E-state index contributed by atoms with van der Waals surface area (Å²) in [5.41, 5.74) is 3.64. The number of aromatic nitrogens is 2. The molecule has 1 aromatic heterocycles. The molecule has 5 nitrogen and oxygen atoms in total. The molecule has 1 aliphatic heterocycles. The highest BCUT2D eigenvalue weighted by Gasteiger charge is 2.24. The molecule has 0 atom stereocenters. The van der Waals surface area contributed by atoms with Crippen LogP contribution >= 0.6 is 11.6 Å². The van der Waals surface area contributed by atoms with Gasteiger partial charge in [0, 0.05) is 29.9 Å². The molecule has 0 aliphatic carbocycles. The molecule has 1 amide bonds. The van der Waals surface area contributed by atoms with Gasteiger partial charge in [0.25, 0.3) is 5.91 Å². The summed E-state index contributed by atoms with van der Waals surface area (Å²) in [6.07, 6.45) is 3.38. The highest BCUT2D eigenvalue weighted by Crippen LogP contribution is 2.28. The van der Waals surface area contributed by atoms with Gasteiger partial charge < -0.3 is 10.2 Å². The van der Waals surface area contributed by atoms with E-state index in [1.807, 2.05) is 47.4 Å². The van der Waals surface area contributed by atoms with Crippen molar-refractivity contribution in [2.24, 2.45) is 0 Å². The Bertz CT molecular complexity index is 958. The topological polar surface area (TPSA) is 58.1 Å². The normalized spacial score (nSPS) is 13.1. The third-order valence-electron chi connectivity index (χ3n) is 4.63. The van der Waals surface area contributed by atoms with Crippen LogP contribution in [-0.4, -0.2) is 22.4 Å². The van der Waals surface area contributed by atoms with Crippen molar-refractivity contribution < 1.29 is 4.79 Å². The minimum absolute atomic E-state index is 0.0981. The number of aryl methyl sites for hydroxylation is 1. The first-order valence-electron chi connectivity index (χ1n) is 8.91. The number of rotatable bonds is 4. The average Bonchev–Trinajstić information content (AvgIpc) is 2.72. The number of nitrogens with zero attached hydrogens (tertiary/aromatic N) is 3. The van der Waals surface area contributed by atoms with Crippen molar-refractivity contribution in [1.29, 1.82) is 0 Å². The molecule has 0 saturated heterocycles. The van der Waals surface area contributed by atoms with Crippen LogP contribution in [0.3, 0.4) is 0 Å². The predicted molar refractivity (Wildman–Crippen MR) is 107 cm³/mol. The molecule has 0 fully saturated rings. The molecule has 0 saturated carbocycles. The number of nitrogens with one attached hydrogen (secondary N) is 1. The van der Waals surface area contributed by atoms with Crippen molar-refractivity contribution in [1.82, 2.24) is 9.97 Å². The Morgan fingerprint density at radius 2 is 1.93 bits per heavy atom. The zero-order valence-electron chi connectivity index (χ0n) is 14.7. The van der Waals surface area contributed by atoms with E-state index in [0.717, 1.165) is 24.1 Å². The van der Waals surface area contributed by atoms with Gasteiger partial charge in [-0.15, -0.1) is 0 Å². The summed E-state index contributed by atoms with van der Waals surface area (Å²) in [4.78, 5) is 23.2. The largest absolute Gasteiger partial charge is 0.366 e. The summed E-state index contributed by atoms with van der Waals surface area (Å²) in [5.74, 6) is 0.521. The summed E-state index contributed by atoms with van der Waals surface area (Å²) < 4.78 is 0. The molecular formula is C21H19ClN4O. The molecule has 0 bridgehead atoms. The lowest BCUT2D eigenvalue weighted by Crippen LogP contribution is -2.36. The van der Waals surface area contributed by atoms with Crippen molar-refractivity contribution in [2.75, 3.05) is 16.8 Å². The van der Waals surface area contributed by atoms with Gasteiger partial charge in [0.15, 0.2) is 0 Å². The standard InChI is InChI=1S/C21H19ClN4O/c22-17-9-7-15(8-10-17)13-23-20-12-18(24-14-25-20)21(27)26-11-3-5-16-4-1-2-6-19(16)26/h1-2,4,6-10,12,14H,3,5,11,13H2,(H,23,24,25). The summed E-state index contributed by atoms with van der Waals surface area (Å²) >= 11 is 5.91. The number of fused-ring (bicyclic) bond motifs is 1. The third kappa shape index (κ3) is 3.93. The Hall–Kier alpha value is -2.92. The van der Waals surface area contributed by atoms with Crippen LogP contribution < -0.4 is 10.2 Å². The van der Waals surface area contributed by atoms with Crippen LogP contribution in [0.4, 0.5) is 11.5 Å². The number of carbonyl (C=O) groups is 1. The highest BCUT2D eigenvalue weighted by atomic mass is 35.5. The second-order valence-corrected chi connectivity index (χ2v) is 6.89. The van der Waals surface area contributed by atoms with Gasteiger partial charge in [0.1, 0.15) is 17.8 Å². The fraction of sp³-hybridized carbons (Fsp3) is 0.190. The summed E-state index contributed by atoms with van der Waals surface area (Å²) in [7, 11) is 0. The number of halogens is 1. The van der Waals surface area contributed by atoms with Crippen LogP contribution in [0.1, 0.15) is 28.0 Å². The lowest BCUT2D eigenvalue weighted by molar-refractivity contribution is 0.0980. The van der Waals surface area contributed by atoms with Gasteiger partial charge in [-0.2, -0.15) is 0 Å². The summed E-state index contributed by atoms with van der Waals surface area (Å²) in [5, 5.41) is 3.94. The van der Waals surface area contributed by atoms with E-state index in [4.69, 9.17) is 11.6 Å². The van der Waals surface area contributed by atoms with Crippen molar-refractivity contribution in [2.45, 2.75) is 19.4 Å². The Balaban J connectivity index is 1.51. The molecule has 136 valence electrons. The van der Waals surface area contributed by atoms with E-state index in [0.29, 0.717) is 29.6 Å². The maximum Gasteiger partial charge on any atom is 0.277 e. The first kappa shape index (κ1) is 17.5. The number of hydrogen-bond acceptors (Lipinski definition) is 4. The Morgan fingerprint density at radius 3 is 2.78 bits per heavy atom. The summed E-state index contributed by atoms with van der Waals surface area (Å²) in [6, 6.07) is 17.3. The maximum absolute atomic E-state index is 13.0. The molecule has 2 heterocycles. The predicted octanol–water partition coefficient (Wildman–Crippen LogP) is 4.34. The molecule has 0 unspecified atom stereocenters. The summed E-state index contributed by atoms with van der Waals surface area (Å²) in [6.45, 7) is 1.29. The van der Waals surface area contributed by atoms with Gasteiger partial charge >= 0.3 is 0 Å². The van der Waals surface area contributed by atoms with Gasteiger partial charge in [-0.25, -0.2) is 9.97 Å². The number of hydrogen-bond donors (Lipinski definition) is 1. The van der Waals surface area contributed by atoms with Gasteiger partial charge in [0.05, 0.1) is 0 Å². The van der Waals surface area contributed by atoms with Gasteiger partial charge in [-0.3, -0.25) is 4.79 Å². The van der Waals surface area contributed by atoms with E-state index in [1.165, 1.54) is 11.9 Å². The molecule has 4 rings (SSSR count). The van der Waals surface area contributed by atoms with E-state index in [1.54, 1.807) is 6.07 Å². The number of anilines is 2. The Kier molecular flexibility index (Phi) is 5.03. The molecule has 6 heteroatoms. The van der Waals surface area contributed by atoms with Crippen LogP contribution in [0.2, 0.25) is 5.02 Å². The zero-order chi connectivity index (χ0) is 18.6. The first-order valence-corrected chi connectivity index (χ1v) is 9.28. The lowest BCUT2D eigenvalue weighted by atomic mass is 10.0. The molecule has 1 N–H and O–H groups in total. The minimum atomic E-state index is -0.0981. The van der Waals surface area contributed by atoms with E-state index >= 15 is 0 Å². The maximum atomic E-state index is 13.0. The first-order chi connectivity index (χ1) is 13.2. The number of amides is 1. The van der Waals surface area contributed by atoms with Crippen LogP contribution in [0.25, 0.3) is 0 Å². The van der Waals surface area contributed by atoms with Crippen molar-refractivity contribution >= 4 is 29.0 Å². The van der Waals surface area contributed by atoms with E-state index < -0.39 is 0 Å². The SMILES string of the molecule is O=C(c1cc(NCc2ccc(Cl)cc2)ncn1)N1CCCc2ccccc21. The number of benzene rings is 2. The smallest absolute Gasteiger partial charge is 0.277 e. The fourth-order valence-electron chi connectivity index (χ4n) is 3.25. The minimum Gasteiger partial charge on any atom is -0.366 e. The van der Waals surface area contributed by atoms with Crippen LogP contribution in [0.15, 0.2) is 60.9 Å². The highest BCUT2D eigenvalue weighted by molar-refractivity contribution is 6.30. The third-order valence-corrected chi connectivity index (χ3v) is 4.88. The van der Waals surface area contributed by atoms with Gasteiger partial charge in [0.2, 0.25) is 0 Å². The number of carbonyl (C=O) groups excluding carboxylic acids is 1. The molecule has 2 aromatic carbocycles. The van der Waals surface area contributed by atoms with E-state index in [2.05, 4.69) is 21.4 Å². The van der Waals surface area contributed by atoms with Crippen LogP contribution in [0, 0.1) is 0 Å². The van der Waals surface area contributed by atoms with Crippen molar-refractivity contribution in [3.63, 3.8) is 0 Å². The van der Waals surface area contributed by atoms with Crippen molar-refractivity contribution in [3.05, 3.63) is 82.8 Å². The van der Waals surface area contributed by atoms with Crippen LogP contribution in [-0.2, 0) is 13.0 Å². The molecule has 27 heavy (non-hydrogen) atoms. The van der Waals surface area contributed by atoms with E-state index in [-0.39, 0.29) is 5.91 Å². The Labute approximate surface area is 163 Å². The lowest BCUT2D eigenvalue weighted by Gasteiger charge is -2.29. The zero-order valence-corrected chi connectivity index (χ0v) is 15.5. The van der Waals surface area contributed by atoms with Gasteiger partial charge in [-0.05, 0) is 42.2 Å². The molecule has 3 aromatic rings. The molecule has 0 radical (unpaired) electrons. The average molecular weight is 379 g/mol.